The van der Waals surface area contributed by atoms with Gasteiger partial charge in [0.05, 0.1) is 78.1 Å². The third-order valence-electron chi connectivity index (χ3n) is 19.1. The van der Waals surface area contributed by atoms with Crippen molar-refractivity contribution in [3.63, 3.8) is 0 Å². The van der Waals surface area contributed by atoms with Crippen LogP contribution in [-0.2, 0) is 16.2 Å². The minimum Gasteiger partial charge on any atom is -0.329 e. The largest absolute Gasteiger partial charge is 0.329 e. The van der Waals surface area contributed by atoms with Crippen molar-refractivity contribution in [2.24, 2.45) is 0 Å². The first-order valence-corrected chi connectivity index (χ1v) is 31.5. The Morgan fingerprint density at radius 3 is 1.23 bits per heavy atom. The van der Waals surface area contributed by atoms with E-state index in [1.807, 2.05) is 24.5 Å². The average molecular weight is 1170 g/mol. The number of hydrogen-bond donors (Lipinski definition) is 0. The molecule has 16 rings (SSSR count). The fourth-order valence-corrected chi connectivity index (χ4v) is 14.7. The zero-order chi connectivity index (χ0) is 61.9. The number of aromatic nitrogens is 6. The summed E-state index contributed by atoms with van der Waals surface area (Å²) in [6.45, 7) is 25.2. The Morgan fingerprint density at radius 1 is 0.378 bits per heavy atom. The van der Waals surface area contributed by atoms with Crippen molar-refractivity contribution in [3.05, 3.63) is 246 Å². The summed E-state index contributed by atoms with van der Waals surface area (Å²) in [5.41, 5.74) is 20.8. The molecular weight excluding hydrogens is 1100 g/mol. The van der Waals surface area contributed by atoms with Crippen LogP contribution in [0.2, 0.25) is 0 Å². The third-order valence-corrected chi connectivity index (χ3v) is 19.1. The van der Waals surface area contributed by atoms with Crippen molar-refractivity contribution in [3.8, 4) is 39.9 Å². The molecule has 8 nitrogen and oxygen atoms in total. The van der Waals surface area contributed by atoms with E-state index < -0.39 is 5.54 Å². The second-order valence-electron chi connectivity index (χ2n) is 28.2. The number of nitrogens with zero attached hydrogens (tertiary/aromatic N) is 8. The summed E-state index contributed by atoms with van der Waals surface area (Å²) in [6.07, 6.45) is 8.35. The second kappa shape index (κ2) is 19.5. The normalized spacial score (nSPS) is 13.7. The van der Waals surface area contributed by atoms with Gasteiger partial charge in [0.1, 0.15) is 22.7 Å². The highest BCUT2D eigenvalue weighted by atomic mass is 15.2. The minimum atomic E-state index is -0.699. The van der Waals surface area contributed by atoms with Crippen LogP contribution < -0.4 is 4.90 Å². The molecule has 90 heavy (non-hydrogen) atoms. The molecule has 1 aliphatic rings. The molecule has 9 aromatic carbocycles. The summed E-state index contributed by atoms with van der Waals surface area (Å²) >= 11 is 0. The summed E-state index contributed by atoms with van der Waals surface area (Å²) in [4.78, 5) is 12.7. The van der Waals surface area contributed by atoms with E-state index in [0.29, 0.717) is 5.56 Å². The maximum atomic E-state index is 13.4. The highest BCUT2D eigenvalue weighted by Gasteiger charge is 2.41. The van der Waals surface area contributed by atoms with E-state index in [9.17, 15) is 5.26 Å². The summed E-state index contributed by atoms with van der Waals surface area (Å²) in [7, 11) is 0. The molecule has 0 unspecified atom stereocenters. The number of rotatable bonds is 6. The average Bonchev–Trinajstić information content (AvgIpc) is 1.34. The summed E-state index contributed by atoms with van der Waals surface area (Å²) < 4.78 is 9.78. The summed E-state index contributed by atoms with van der Waals surface area (Å²) in [5, 5.41) is 20.1. The highest BCUT2D eigenvalue weighted by Crippen LogP contribution is 2.57. The van der Waals surface area contributed by atoms with Crippen LogP contribution in [0.4, 0.5) is 11.4 Å². The van der Waals surface area contributed by atoms with E-state index in [1.54, 1.807) is 0 Å². The van der Waals surface area contributed by atoms with E-state index in [1.165, 1.54) is 16.7 Å². The standard InChI is InChI=1S/C82H70N8/c1-79(2,3)51-36-39-67-58(46-51)54-25-13-18-30-63(54)87(67)75-61(49-83)76(88-64-31-19-14-26-55(64)59-47-52(80(4,5)6)37-40-68(59)88)78(90-62-29-17-12-24-50(62)42-43-82(90,10)11)72(77(75)89-65-32-20-15-27-56(65)60-48-53(81(7,8)9)38-41-69(60)89)57-28-16-21-33-66(57)86-70-34-22-44-84-73(70)74-71(86)35-23-45-85-74/h12-48H,1-11H3. The van der Waals surface area contributed by atoms with Gasteiger partial charge in [-0.25, -0.2) is 0 Å². The summed E-state index contributed by atoms with van der Waals surface area (Å²) in [6, 6.07) is 76.8. The molecule has 0 fully saturated rings. The van der Waals surface area contributed by atoms with E-state index >= 15 is 0 Å². The zero-order valence-corrected chi connectivity index (χ0v) is 52.9. The number of pyridine rings is 2. The Kier molecular flexibility index (Phi) is 11.9. The SMILES string of the molecule is CC(C)(C)c1ccc2c(c1)c1ccccc1n2-c1c(C#N)c(-n2c3ccccc3c3cc(C(C)(C)C)ccc32)c(-n2c3ccccc3c3cc(C(C)(C)C)ccc32)c(-c2ccccc2-n2c3cccnc3c3ncccc32)c1N1c2ccccc2C=CC1(C)C. The van der Waals surface area contributed by atoms with Crippen LogP contribution in [0.25, 0.3) is 127 Å². The molecule has 6 aromatic heterocycles. The first-order valence-electron chi connectivity index (χ1n) is 31.5. The van der Waals surface area contributed by atoms with Gasteiger partial charge in [-0.15, -0.1) is 0 Å². The van der Waals surface area contributed by atoms with Gasteiger partial charge >= 0.3 is 0 Å². The Hall–Kier alpha value is -10.5. The molecule has 0 radical (unpaired) electrons. The minimum absolute atomic E-state index is 0.142. The lowest BCUT2D eigenvalue weighted by molar-refractivity contribution is 0.591. The molecule has 7 heterocycles. The van der Waals surface area contributed by atoms with Crippen molar-refractivity contribution < 1.29 is 0 Å². The highest BCUT2D eigenvalue weighted by molar-refractivity contribution is 6.17. The number of anilines is 2. The van der Waals surface area contributed by atoms with Crippen LogP contribution in [-0.4, -0.2) is 33.8 Å². The molecule has 1 aliphatic heterocycles. The van der Waals surface area contributed by atoms with Crippen LogP contribution in [0.1, 0.15) is 104 Å². The first kappa shape index (κ1) is 54.9. The molecule has 0 spiro atoms. The third kappa shape index (κ3) is 8.04. The number of hydrogen-bond acceptors (Lipinski definition) is 4. The van der Waals surface area contributed by atoms with Crippen LogP contribution >= 0.6 is 0 Å². The molecule has 0 N–H and O–H groups in total. The predicted molar refractivity (Wildman–Crippen MR) is 377 cm³/mol. The van der Waals surface area contributed by atoms with Crippen LogP contribution in [0.5, 0.6) is 0 Å². The Bertz CT molecular complexity index is 5550. The lowest BCUT2D eigenvalue weighted by Crippen LogP contribution is -2.42. The van der Waals surface area contributed by atoms with E-state index in [2.05, 4.69) is 306 Å². The van der Waals surface area contributed by atoms with Crippen LogP contribution in [0.3, 0.4) is 0 Å². The molecule has 0 atom stereocenters. The number of fused-ring (bicyclic) bond motifs is 13. The van der Waals surface area contributed by atoms with Gasteiger partial charge in [0.15, 0.2) is 0 Å². The maximum absolute atomic E-state index is 13.4. The summed E-state index contributed by atoms with van der Waals surface area (Å²) in [5.74, 6) is 0. The van der Waals surface area contributed by atoms with Gasteiger partial charge in [-0.3, -0.25) is 9.97 Å². The first-order chi connectivity index (χ1) is 43.3. The molecular formula is C82H70N8. The number of para-hydroxylation sites is 5. The fraction of sp³-hybridized carbons (Fsp3) is 0.183. The van der Waals surface area contributed by atoms with Gasteiger partial charge in [-0.05, 0) is 143 Å². The fourth-order valence-electron chi connectivity index (χ4n) is 14.7. The zero-order valence-electron chi connectivity index (χ0n) is 52.9. The lowest BCUT2D eigenvalue weighted by atomic mass is 9.86. The van der Waals surface area contributed by atoms with Gasteiger partial charge in [0.25, 0.3) is 0 Å². The lowest BCUT2D eigenvalue weighted by Gasteiger charge is -2.45. The topological polar surface area (TPSA) is 72.5 Å². The Labute approximate surface area is 524 Å². The molecule has 0 aliphatic carbocycles. The van der Waals surface area contributed by atoms with Gasteiger partial charge in [0, 0.05) is 61.5 Å². The monoisotopic (exact) mass is 1170 g/mol. The van der Waals surface area contributed by atoms with Gasteiger partial charge < -0.3 is 23.2 Å². The van der Waals surface area contributed by atoms with Crippen LogP contribution in [0, 0.1) is 11.3 Å². The molecule has 15 aromatic rings. The van der Waals surface area contributed by atoms with Crippen LogP contribution in [0.15, 0.2) is 219 Å². The predicted octanol–water partition coefficient (Wildman–Crippen LogP) is 21.2. The Morgan fingerprint density at radius 2 is 0.767 bits per heavy atom. The van der Waals surface area contributed by atoms with E-state index in [-0.39, 0.29) is 16.2 Å². The number of nitriles is 1. The molecule has 0 bridgehead atoms. The maximum Gasteiger partial charge on any atom is 0.115 e. The Balaban J connectivity index is 1.25. The van der Waals surface area contributed by atoms with Gasteiger partial charge in [-0.1, -0.05) is 184 Å². The quantitative estimate of drug-likeness (QED) is 0.166. The smallest absolute Gasteiger partial charge is 0.115 e. The van der Waals surface area contributed by atoms with Gasteiger partial charge in [0.2, 0.25) is 0 Å². The van der Waals surface area contributed by atoms with Crippen molar-refractivity contribution >= 4 is 105 Å². The van der Waals surface area contributed by atoms with Crippen molar-refractivity contribution in [2.45, 2.75) is 97.9 Å². The van der Waals surface area contributed by atoms with Crippen molar-refractivity contribution in [1.82, 2.24) is 28.2 Å². The molecule has 0 saturated carbocycles. The van der Waals surface area contributed by atoms with Crippen molar-refractivity contribution in [1.29, 1.82) is 5.26 Å². The van der Waals surface area contributed by atoms with E-state index in [0.717, 1.165) is 138 Å². The number of benzene rings is 9. The molecule has 0 saturated heterocycles. The van der Waals surface area contributed by atoms with Crippen molar-refractivity contribution in [2.75, 3.05) is 4.90 Å². The van der Waals surface area contributed by atoms with Gasteiger partial charge in [-0.2, -0.15) is 5.26 Å². The molecule has 8 heteroatoms. The second-order valence-corrected chi connectivity index (χ2v) is 28.2. The van der Waals surface area contributed by atoms with E-state index in [4.69, 9.17) is 9.97 Å². The molecule has 438 valence electrons. The molecule has 0 amide bonds.